The highest BCUT2D eigenvalue weighted by molar-refractivity contribution is 5.94. The second-order valence-corrected chi connectivity index (χ2v) is 7.81. The van der Waals surface area contributed by atoms with Crippen molar-refractivity contribution < 1.29 is 14.3 Å². The summed E-state index contributed by atoms with van der Waals surface area (Å²) < 4.78 is 5.37. The van der Waals surface area contributed by atoms with E-state index in [0.29, 0.717) is 12.5 Å². The van der Waals surface area contributed by atoms with E-state index in [4.69, 9.17) is 4.74 Å². The summed E-state index contributed by atoms with van der Waals surface area (Å²) in [6.07, 6.45) is 0.355. The Hall–Kier alpha value is -1.88. The molecule has 0 radical (unpaired) electrons. The average Bonchev–Trinajstić information content (AvgIpc) is 2.90. The zero-order valence-corrected chi connectivity index (χ0v) is 14.7. The summed E-state index contributed by atoms with van der Waals surface area (Å²) >= 11 is 0. The maximum Gasteiger partial charge on any atom is 0.417 e. The van der Waals surface area contributed by atoms with Crippen molar-refractivity contribution in [3.05, 3.63) is 35.9 Å². The van der Waals surface area contributed by atoms with Gasteiger partial charge in [-0.25, -0.2) is 9.69 Å². The van der Waals surface area contributed by atoms with Crippen LogP contribution >= 0.6 is 0 Å². The normalized spacial score (nSPS) is 24.8. The smallest absolute Gasteiger partial charge is 0.417 e. The molecule has 2 aliphatic heterocycles. The van der Waals surface area contributed by atoms with E-state index in [1.165, 1.54) is 10.5 Å². The largest absolute Gasteiger partial charge is 0.443 e. The molecular formula is C19H26N2O3. The van der Waals surface area contributed by atoms with Gasteiger partial charge in [0.1, 0.15) is 5.60 Å². The van der Waals surface area contributed by atoms with E-state index in [-0.39, 0.29) is 11.8 Å². The number of rotatable bonds is 2. The fourth-order valence-electron chi connectivity index (χ4n) is 3.61. The van der Waals surface area contributed by atoms with Gasteiger partial charge in [-0.05, 0) is 38.7 Å². The number of benzene rings is 1. The van der Waals surface area contributed by atoms with Crippen molar-refractivity contribution in [2.45, 2.75) is 39.3 Å². The Balaban J connectivity index is 1.63. The molecule has 0 aliphatic carbocycles. The van der Waals surface area contributed by atoms with Gasteiger partial charge in [0.05, 0.1) is 5.92 Å². The SMILES string of the molecule is CC(C)(C)OC(=O)N1CCC2CN(Cc3ccccc3)CC2C1=O. The Morgan fingerprint density at radius 3 is 2.58 bits per heavy atom. The van der Waals surface area contributed by atoms with Crippen LogP contribution in [0.1, 0.15) is 32.8 Å². The number of imide groups is 1. The van der Waals surface area contributed by atoms with Crippen LogP contribution < -0.4 is 0 Å². The molecule has 2 unspecified atom stereocenters. The number of amides is 2. The Morgan fingerprint density at radius 1 is 1.21 bits per heavy atom. The minimum atomic E-state index is -0.580. The second-order valence-electron chi connectivity index (χ2n) is 7.81. The Kier molecular flexibility index (Phi) is 4.63. The van der Waals surface area contributed by atoms with E-state index in [9.17, 15) is 9.59 Å². The summed E-state index contributed by atoms with van der Waals surface area (Å²) in [5.41, 5.74) is 0.677. The monoisotopic (exact) mass is 330 g/mol. The summed E-state index contributed by atoms with van der Waals surface area (Å²) in [6.45, 7) is 8.42. The van der Waals surface area contributed by atoms with Crippen LogP contribution in [0.2, 0.25) is 0 Å². The van der Waals surface area contributed by atoms with Crippen molar-refractivity contribution in [2.75, 3.05) is 19.6 Å². The molecule has 2 heterocycles. The summed E-state index contributed by atoms with van der Waals surface area (Å²) in [5, 5.41) is 0. The fraction of sp³-hybridized carbons (Fsp3) is 0.579. The van der Waals surface area contributed by atoms with Crippen LogP contribution in [-0.4, -0.2) is 47.0 Å². The first-order valence-corrected chi connectivity index (χ1v) is 8.64. The Bertz CT molecular complexity index is 609. The van der Waals surface area contributed by atoms with Gasteiger partial charge in [0, 0.05) is 26.2 Å². The van der Waals surface area contributed by atoms with E-state index >= 15 is 0 Å². The first-order chi connectivity index (χ1) is 11.3. The van der Waals surface area contributed by atoms with Crippen LogP contribution in [0.5, 0.6) is 0 Å². The van der Waals surface area contributed by atoms with E-state index in [0.717, 1.165) is 26.1 Å². The van der Waals surface area contributed by atoms with Crippen molar-refractivity contribution in [2.24, 2.45) is 11.8 Å². The van der Waals surface area contributed by atoms with E-state index in [1.54, 1.807) is 0 Å². The summed E-state index contributed by atoms with van der Waals surface area (Å²) in [4.78, 5) is 28.6. The van der Waals surface area contributed by atoms with Crippen LogP contribution in [0.25, 0.3) is 0 Å². The number of fused-ring (bicyclic) bond motifs is 1. The first-order valence-electron chi connectivity index (χ1n) is 8.64. The van der Waals surface area contributed by atoms with Gasteiger partial charge < -0.3 is 4.74 Å². The van der Waals surface area contributed by atoms with Crippen LogP contribution in [0.15, 0.2) is 30.3 Å². The van der Waals surface area contributed by atoms with Crippen molar-refractivity contribution in [3.8, 4) is 0 Å². The van der Waals surface area contributed by atoms with Crippen molar-refractivity contribution in [1.29, 1.82) is 0 Å². The molecule has 2 aliphatic rings. The number of carbonyl (C=O) groups excluding carboxylic acids is 2. The number of ether oxygens (including phenoxy) is 1. The first kappa shape index (κ1) is 17.0. The van der Waals surface area contributed by atoms with Gasteiger partial charge in [-0.2, -0.15) is 0 Å². The van der Waals surface area contributed by atoms with Gasteiger partial charge in [0.2, 0.25) is 5.91 Å². The fourth-order valence-corrected chi connectivity index (χ4v) is 3.61. The molecule has 3 rings (SSSR count). The van der Waals surface area contributed by atoms with Gasteiger partial charge in [0.15, 0.2) is 0 Å². The van der Waals surface area contributed by atoms with Gasteiger partial charge in [0.25, 0.3) is 0 Å². The Labute approximate surface area is 143 Å². The quantitative estimate of drug-likeness (QED) is 0.837. The molecule has 1 aromatic carbocycles. The number of hydrogen-bond acceptors (Lipinski definition) is 4. The lowest BCUT2D eigenvalue weighted by molar-refractivity contribution is -0.138. The number of hydrogen-bond donors (Lipinski definition) is 0. The van der Waals surface area contributed by atoms with Crippen molar-refractivity contribution in [1.82, 2.24) is 9.80 Å². The van der Waals surface area contributed by atoms with Crippen LogP contribution in [0, 0.1) is 11.8 Å². The number of likely N-dealkylation sites (tertiary alicyclic amines) is 2. The lowest BCUT2D eigenvalue weighted by atomic mass is 9.88. The molecule has 130 valence electrons. The molecule has 5 heteroatoms. The molecule has 0 saturated carbocycles. The maximum atomic E-state index is 12.7. The third-order valence-electron chi connectivity index (χ3n) is 4.69. The van der Waals surface area contributed by atoms with Gasteiger partial charge in [-0.3, -0.25) is 9.69 Å². The highest BCUT2D eigenvalue weighted by atomic mass is 16.6. The molecule has 0 bridgehead atoms. The summed E-state index contributed by atoms with van der Waals surface area (Å²) in [5.74, 6) is 0.186. The molecular weight excluding hydrogens is 304 g/mol. The molecule has 5 nitrogen and oxygen atoms in total. The van der Waals surface area contributed by atoms with Crippen LogP contribution in [0.3, 0.4) is 0 Å². The predicted octanol–water partition coefficient (Wildman–Crippen LogP) is 2.90. The van der Waals surface area contributed by atoms with E-state index in [1.807, 2.05) is 39.0 Å². The predicted molar refractivity (Wildman–Crippen MR) is 91.3 cm³/mol. The zero-order chi connectivity index (χ0) is 17.3. The molecule has 1 aromatic rings. The van der Waals surface area contributed by atoms with Crippen molar-refractivity contribution >= 4 is 12.0 Å². The topological polar surface area (TPSA) is 49.9 Å². The highest BCUT2D eigenvalue weighted by Crippen LogP contribution is 2.33. The van der Waals surface area contributed by atoms with Crippen LogP contribution in [0.4, 0.5) is 4.79 Å². The van der Waals surface area contributed by atoms with E-state index < -0.39 is 11.7 Å². The minimum absolute atomic E-state index is 0.0731. The number of nitrogens with zero attached hydrogens (tertiary/aromatic N) is 2. The molecule has 0 spiro atoms. The minimum Gasteiger partial charge on any atom is -0.443 e. The number of piperidine rings is 1. The van der Waals surface area contributed by atoms with Crippen LogP contribution in [-0.2, 0) is 16.1 Å². The van der Waals surface area contributed by atoms with E-state index in [2.05, 4.69) is 17.0 Å². The lowest BCUT2D eigenvalue weighted by Gasteiger charge is -2.33. The molecule has 2 amide bonds. The van der Waals surface area contributed by atoms with Gasteiger partial charge in [-0.15, -0.1) is 0 Å². The second kappa shape index (κ2) is 6.55. The third-order valence-corrected chi connectivity index (χ3v) is 4.69. The molecule has 2 saturated heterocycles. The zero-order valence-electron chi connectivity index (χ0n) is 14.7. The molecule has 24 heavy (non-hydrogen) atoms. The summed E-state index contributed by atoms with van der Waals surface area (Å²) in [7, 11) is 0. The molecule has 2 atom stereocenters. The summed E-state index contributed by atoms with van der Waals surface area (Å²) in [6, 6.07) is 10.3. The molecule has 0 N–H and O–H groups in total. The average molecular weight is 330 g/mol. The molecule has 2 fully saturated rings. The number of carbonyl (C=O) groups is 2. The van der Waals surface area contributed by atoms with Gasteiger partial charge in [-0.1, -0.05) is 30.3 Å². The van der Waals surface area contributed by atoms with Crippen molar-refractivity contribution in [3.63, 3.8) is 0 Å². The molecule has 0 aromatic heterocycles. The maximum absolute atomic E-state index is 12.7. The lowest BCUT2D eigenvalue weighted by Crippen LogP contribution is -2.49. The standard InChI is InChI=1S/C19H26N2O3/c1-19(2,3)24-18(23)21-10-9-15-12-20(13-16(15)17(21)22)11-14-7-5-4-6-8-14/h4-8,15-16H,9-13H2,1-3H3. The Morgan fingerprint density at radius 2 is 1.92 bits per heavy atom. The highest BCUT2D eigenvalue weighted by Gasteiger charge is 2.45. The van der Waals surface area contributed by atoms with Gasteiger partial charge >= 0.3 is 6.09 Å². The third kappa shape index (κ3) is 3.78.